The SMILES string of the molecule is CCCCCCC=CCOc1ccc(-c2ncc(OCCCCOCCCCCC)cn2)cc1. The van der Waals surface area contributed by atoms with E-state index in [-0.39, 0.29) is 0 Å². The van der Waals surface area contributed by atoms with Crippen molar-refractivity contribution in [1.82, 2.24) is 9.97 Å². The average Bonchev–Trinajstić information content (AvgIpc) is 2.87. The normalized spacial score (nSPS) is 11.2. The quantitative estimate of drug-likeness (QED) is 0.146. The minimum absolute atomic E-state index is 0.598. The molecule has 0 atom stereocenters. The van der Waals surface area contributed by atoms with E-state index < -0.39 is 0 Å². The Morgan fingerprint density at radius 1 is 0.647 bits per heavy atom. The smallest absolute Gasteiger partial charge is 0.159 e. The zero-order valence-electron chi connectivity index (χ0n) is 21.3. The van der Waals surface area contributed by atoms with E-state index in [1.54, 1.807) is 12.4 Å². The van der Waals surface area contributed by atoms with Gasteiger partial charge in [0.15, 0.2) is 11.6 Å². The maximum atomic E-state index is 5.79. The second kappa shape index (κ2) is 19.0. The molecule has 0 aliphatic rings. The van der Waals surface area contributed by atoms with Crippen LogP contribution in [0.25, 0.3) is 11.4 Å². The summed E-state index contributed by atoms with van der Waals surface area (Å²) in [6.07, 6.45) is 21.1. The Morgan fingerprint density at radius 3 is 2.00 bits per heavy atom. The first-order valence-corrected chi connectivity index (χ1v) is 13.2. The molecule has 0 radical (unpaired) electrons. The monoisotopic (exact) mass is 468 g/mol. The third kappa shape index (κ3) is 12.7. The molecular formula is C29H44N2O3. The van der Waals surface area contributed by atoms with Gasteiger partial charge in [-0.1, -0.05) is 64.5 Å². The van der Waals surface area contributed by atoms with Crippen LogP contribution in [-0.4, -0.2) is 36.4 Å². The lowest BCUT2D eigenvalue weighted by Gasteiger charge is -2.08. The lowest BCUT2D eigenvalue weighted by atomic mass is 10.1. The number of unbranched alkanes of at least 4 members (excludes halogenated alkanes) is 8. The fourth-order valence-electron chi connectivity index (χ4n) is 3.49. The molecule has 0 aliphatic carbocycles. The maximum absolute atomic E-state index is 5.79. The lowest BCUT2D eigenvalue weighted by molar-refractivity contribution is 0.122. The summed E-state index contributed by atoms with van der Waals surface area (Å²) in [7, 11) is 0. The van der Waals surface area contributed by atoms with Crippen LogP contribution in [0.15, 0.2) is 48.8 Å². The molecular weight excluding hydrogens is 424 g/mol. The van der Waals surface area contributed by atoms with Crippen LogP contribution >= 0.6 is 0 Å². The highest BCUT2D eigenvalue weighted by atomic mass is 16.5. The number of benzene rings is 1. The Balaban J connectivity index is 1.59. The van der Waals surface area contributed by atoms with Crippen molar-refractivity contribution in [2.24, 2.45) is 0 Å². The van der Waals surface area contributed by atoms with Crippen molar-refractivity contribution in [2.45, 2.75) is 84.5 Å². The van der Waals surface area contributed by atoms with Crippen molar-refractivity contribution in [3.05, 3.63) is 48.8 Å². The van der Waals surface area contributed by atoms with Gasteiger partial charge in [-0.3, -0.25) is 0 Å². The molecule has 2 rings (SSSR count). The molecule has 0 unspecified atom stereocenters. The van der Waals surface area contributed by atoms with E-state index in [4.69, 9.17) is 14.2 Å². The van der Waals surface area contributed by atoms with Crippen LogP contribution in [-0.2, 0) is 4.74 Å². The molecule has 0 fully saturated rings. The van der Waals surface area contributed by atoms with E-state index in [2.05, 4.69) is 36.0 Å². The van der Waals surface area contributed by atoms with E-state index in [0.717, 1.165) is 43.8 Å². The molecule has 5 heteroatoms. The van der Waals surface area contributed by atoms with Gasteiger partial charge in [0.2, 0.25) is 0 Å². The summed E-state index contributed by atoms with van der Waals surface area (Å²) in [6.45, 7) is 7.39. The highest BCUT2D eigenvalue weighted by Crippen LogP contribution is 2.20. The number of rotatable bonds is 20. The number of nitrogens with zero attached hydrogens (tertiary/aromatic N) is 2. The van der Waals surface area contributed by atoms with E-state index in [9.17, 15) is 0 Å². The van der Waals surface area contributed by atoms with Crippen LogP contribution in [0.1, 0.15) is 84.5 Å². The van der Waals surface area contributed by atoms with Gasteiger partial charge in [-0.05, 0) is 56.4 Å². The van der Waals surface area contributed by atoms with E-state index in [1.807, 2.05) is 24.3 Å². The molecule has 1 aromatic heterocycles. The lowest BCUT2D eigenvalue weighted by Crippen LogP contribution is -2.02. The first-order chi connectivity index (χ1) is 16.8. The van der Waals surface area contributed by atoms with Crippen molar-refractivity contribution in [3.8, 4) is 22.9 Å². The van der Waals surface area contributed by atoms with Gasteiger partial charge in [0, 0.05) is 18.8 Å². The van der Waals surface area contributed by atoms with Gasteiger partial charge in [0.25, 0.3) is 0 Å². The molecule has 0 bridgehead atoms. The zero-order valence-corrected chi connectivity index (χ0v) is 21.3. The summed E-state index contributed by atoms with van der Waals surface area (Å²) in [5.41, 5.74) is 0.960. The molecule has 188 valence electrons. The highest BCUT2D eigenvalue weighted by Gasteiger charge is 2.03. The van der Waals surface area contributed by atoms with Crippen LogP contribution in [0.4, 0.5) is 0 Å². The number of allylic oxidation sites excluding steroid dienone is 1. The average molecular weight is 469 g/mol. The van der Waals surface area contributed by atoms with Crippen LogP contribution in [0, 0.1) is 0 Å². The third-order valence-electron chi connectivity index (χ3n) is 5.57. The summed E-state index contributed by atoms with van der Waals surface area (Å²) in [4.78, 5) is 8.89. The molecule has 1 aromatic carbocycles. The molecule has 34 heavy (non-hydrogen) atoms. The molecule has 0 aliphatic heterocycles. The molecule has 0 saturated heterocycles. The van der Waals surface area contributed by atoms with Gasteiger partial charge in [-0.15, -0.1) is 0 Å². The molecule has 0 spiro atoms. The summed E-state index contributed by atoms with van der Waals surface area (Å²) in [6, 6.07) is 7.90. The second-order valence-corrected chi connectivity index (χ2v) is 8.63. The van der Waals surface area contributed by atoms with E-state index >= 15 is 0 Å². The molecule has 0 amide bonds. The Labute approximate surface area is 207 Å². The minimum Gasteiger partial charge on any atom is -0.490 e. The van der Waals surface area contributed by atoms with Gasteiger partial charge in [-0.2, -0.15) is 0 Å². The Bertz CT molecular complexity index is 760. The van der Waals surface area contributed by atoms with Gasteiger partial charge >= 0.3 is 0 Å². The van der Waals surface area contributed by atoms with Gasteiger partial charge in [-0.25, -0.2) is 9.97 Å². The van der Waals surface area contributed by atoms with Crippen molar-refractivity contribution < 1.29 is 14.2 Å². The molecule has 2 aromatic rings. The summed E-state index contributed by atoms with van der Waals surface area (Å²) >= 11 is 0. The molecule has 5 nitrogen and oxygen atoms in total. The van der Waals surface area contributed by atoms with E-state index in [0.29, 0.717) is 24.8 Å². The number of hydrogen-bond donors (Lipinski definition) is 0. The molecule has 0 N–H and O–H groups in total. The predicted octanol–water partition coefficient (Wildman–Crippen LogP) is 7.80. The van der Waals surface area contributed by atoms with Gasteiger partial charge in [0.05, 0.1) is 19.0 Å². The minimum atomic E-state index is 0.598. The van der Waals surface area contributed by atoms with Crippen LogP contribution < -0.4 is 9.47 Å². The Kier molecular flexibility index (Phi) is 15.5. The summed E-state index contributed by atoms with van der Waals surface area (Å²) in [5, 5.41) is 0. The van der Waals surface area contributed by atoms with Crippen LogP contribution in [0.3, 0.4) is 0 Å². The second-order valence-electron chi connectivity index (χ2n) is 8.63. The topological polar surface area (TPSA) is 53.5 Å². The van der Waals surface area contributed by atoms with Crippen molar-refractivity contribution in [3.63, 3.8) is 0 Å². The predicted molar refractivity (Wildman–Crippen MR) is 141 cm³/mol. The van der Waals surface area contributed by atoms with Crippen LogP contribution in [0.2, 0.25) is 0 Å². The third-order valence-corrected chi connectivity index (χ3v) is 5.57. The van der Waals surface area contributed by atoms with Gasteiger partial charge < -0.3 is 14.2 Å². The van der Waals surface area contributed by atoms with Crippen molar-refractivity contribution in [1.29, 1.82) is 0 Å². The first kappa shape index (κ1) is 27.8. The van der Waals surface area contributed by atoms with Crippen LogP contribution in [0.5, 0.6) is 11.5 Å². The number of hydrogen-bond acceptors (Lipinski definition) is 5. The highest BCUT2D eigenvalue weighted by molar-refractivity contribution is 5.56. The van der Waals surface area contributed by atoms with Gasteiger partial charge in [0.1, 0.15) is 12.4 Å². The number of ether oxygens (including phenoxy) is 3. The largest absolute Gasteiger partial charge is 0.490 e. The Morgan fingerprint density at radius 2 is 1.29 bits per heavy atom. The summed E-state index contributed by atoms with van der Waals surface area (Å²) in [5.74, 6) is 2.23. The number of aromatic nitrogens is 2. The fraction of sp³-hybridized carbons (Fsp3) is 0.586. The standard InChI is InChI=1S/C29H44N2O3/c1-3-5-7-9-10-11-13-22-33-27-18-16-26(17-19-27)29-30-24-28(25-31-29)34-23-15-14-21-32-20-12-8-6-4-2/h11,13,16-19,24-25H,3-10,12,14-15,20-23H2,1-2H3. The van der Waals surface area contributed by atoms with Crippen molar-refractivity contribution >= 4 is 0 Å². The fourth-order valence-corrected chi connectivity index (χ4v) is 3.49. The zero-order chi connectivity index (χ0) is 24.1. The van der Waals surface area contributed by atoms with Crippen molar-refractivity contribution in [2.75, 3.05) is 26.4 Å². The van der Waals surface area contributed by atoms with E-state index in [1.165, 1.54) is 51.4 Å². The first-order valence-electron chi connectivity index (χ1n) is 13.2. The summed E-state index contributed by atoms with van der Waals surface area (Å²) < 4.78 is 17.2. The Hall–Kier alpha value is -2.40. The molecule has 1 heterocycles. The molecule has 0 saturated carbocycles. The maximum Gasteiger partial charge on any atom is 0.159 e.